The highest BCUT2D eigenvalue weighted by Gasteiger charge is 2.35. The average molecular weight is 272 g/mol. The number of rotatable bonds is 5. The third-order valence-electron chi connectivity index (χ3n) is 5.19. The maximum atomic E-state index is 3.56. The molecule has 3 atom stereocenters. The van der Waals surface area contributed by atoms with Crippen LogP contribution in [-0.4, -0.2) is 19.6 Å². The molecule has 1 aromatic rings. The molecule has 20 heavy (non-hydrogen) atoms. The number of nitrogens with one attached hydrogen (secondary N) is 1. The second kappa shape index (κ2) is 6.17. The first-order valence-electron chi connectivity index (χ1n) is 8.36. The van der Waals surface area contributed by atoms with Crippen LogP contribution in [0.1, 0.15) is 51.1 Å². The van der Waals surface area contributed by atoms with Crippen LogP contribution in [0, 0.1) is 11.8 Å². The van der Waals surface area contributed by atoms with E-state index >= 15 is 0 Å². The Kier molecular flexibility index (Phi) is 4.30. The van der Waals surface area contributed by atoms with Crippen LogP contribution in [0.25, 0.3) is 0 Å². The van der Waals surface area contributed by atoms with Gasteiger partial charge in [0, 0.05) is 24.8 Å². The first kappa shape index (κ1) is 13.9. The average Bonchev–Trinajstić information content (AvgIpc) is 3.06. The van der Waals surface area contributed by atoms with E-state index in [2.05, 4.69) is 48.3 Å². The molecule has 1 aliphatic carbocycles. The van der Waals surface area contributed by atoms with Gasteiger partial charge >= 0.3 is 0 Å². The number of hydrogen-bond donors (Lipinski definition) is 1. The van der Waals surface area contributed by atoms with Gasteiger partial charge in [-0.3, -0.25) is 0 Å². The van der Waals surface area contributed by atoms with Crippen LogP contribution < -0.4 is 10.2 Å². The smallest absolute Gasteiger partial charge is 0.0366 e. The molecule has 0 bridgehead atoms. The number of nitrogens with zero attached hydrogens (tertiary/aromatic N) is 1. The third kappa shape index (κ3) is 2.85. The molecule has 1 saturated carbocycles. The Hall–Kier alpha value is -1.02. The highest BCUT2D eigenvalue weighted by atomic mass is 15.2. The van der Waals surface area contributed by atoms with Crippen molar-refractivity contribution in [3.8, 4) is 0 Å². The minimum atomic E-state index is 0.460. The number of anilines is 1. The Labute approximate surface area is 123 Å². The second-order valence-corrected chi connectivity index (χ2v) is 6.62. The van der Waals surface area contributed by atoms with Gasteiger partial charge < -0.3 is 10.2 Å². The minimum absolute atomic E-state index is 0.460. The van der Waals surface area contributed by atoms with Crippen LogP contribution in [0.3, 0.4) is 0 Å². The van der Waals surface area contributed by atoms with Crippen molar-refractivity contribution < 1.29 is 0 Å². The van der Waals surface area contributed by atoms with Gasteiger partial charge in [0.2, 0.25) is 0 Å². The normalized spacial score (nSPS) is 26.8. The Balaban J connectivity index is 1.61. The first-order valence-corrected chi connectivity index (χ1v) is 8.36. The number of hydrogen-bond acceptors (Lipinski definition) is 2. The van der Waals surface area contributed by atoms with Crippen molar-refractivity contribution in [2.24, 2.45) is 11.8 Å². The van der Waals surface area contributed by atoms with E-state index in [0.29, 0.717) is 6.04 Å². The van der Waals surface area contributed by atoms with E-state index in [0.717, 1.165) is 18.4 Å². The summed E-state index contributed by atoms with van der Waals surface area (Å²) >= 11 is 0. The van der Waals surface area contributed by atoms with Gasteiger partial charge in [-0.15, -0.1) is 0 Å². The zero-order valence-electron chi connectivity index (χ0n) is 12.9. The lowest BCUT2D eigenvalue weighted by Gasteiger charge is -2.21. The molecule has 2 nitrogen and oxygen atoms in total. The van der Waals surface area contributed by atoms with Gasteiger partial charge in [-0.25, -0.2) is 0 Å². The Morgan fingerprint density at radius 2 is 1.80 bits per heavy atom. The molecule has 1 saturated heterocycles. The van der Waals surface area contributed by atoms with Crippen LogP contribution >= 0.6 is 0 Å². The maximum absolute atomic E-state index is 3.56. The van der Waals surface area contributed by atoms with Crippen LogP contribution in [0.5, 0.6) is 0 Å². The van der Waals surface area contributed by atoms with Gasteiger partial charge in [0.15, 0.2) is 0 Å². The summed E-state index contributed by atoms with van der Waals surface area (Å²) in [6, 6.07) is 9.70. The standard InChI is InChI=1S/C18H28N2/c1-3-11-19-14(2)15-7-9-18(10-8-15)20-12-16-5-4-6-17(16)13-20/h7-10,14,16-17,19H,3-6,11-13H2,1-2H3. The fourth-order valence-electron chi connectivity index (χ4n) is 3.90. The highest BCUT2D eigenvalue weighted by molar-refractivity contribution is 5.49. The molecular weight excluding hydrogens is 244 g/mol. The SMILES string of the molecule is CCCNC(C)c1ccc(N2CC3CCCC3C2)cc1. The lowest BCUT2D eigenvalue weighted by molar-refractivity contribution is 0.494. The van der Waals surface area contributed by atoms with Crippen molar-refractivity contribution in [2.75, 3.05) is 24.5 Å². The topological polar surface area (TPSA) is 15.3 Å². The van der Waals surface area contributed by atoms with Crippen LogP contribution in [0.2, 0.25) is 0 Å². The van der Waals surface area contributed by atoms with E-state index in [-0.39, 0.29) is 0 Å². The molecule has 0 radical (unpaired) electrons. The first-order chi connectivity index (χ1) is 9.78. The van der Waals surface area contributed by atoms with E-state index in [9.17, 15) is 0 Å². The lowest BCUT2D eigenvalue weighted by Crippen LogP contribution is -2.21. The third-order valence-corrected chi connectivity index (χ3v) is 5.19. The van der Waals surface area contributed by atoms with Crippen molar-refractivity contribution in [1.82, 2.24) is 5.32 Å². The van der Waals surface area contributed by atoms with E-state index in [1.165, 1.54) is 50.0 Å². The van der Waals surface area contributed by atoms with E-state index < -0.39 is 0 Å². The van der Waals surface area contributed by atoms with E-state index in [4.69, 9.17) is 0 Å². The largest absolute Gasteiger partial charge is 0.371 e. The zero-order chi connectivity index (χ0) is 13.9. The van der Waals surface area contributed by atoms with Crippen LogP contribution in [-0.2, 0) is 0 Å². The summed E-state index contributed by atoms with van der Waals surface area (Å²) in [5.74, 6) is 1.94. The van der Waals surface area contributed by atoms with Gasteiger partial charge in [-0.05, 0) is 62.3 Å². The predicted octanol–water partition coefficient (Wildman–Crippen LogP) is 3.98. The molecule has 3 rings (SSSR count). The van der Waals surface area contributed by atoms with E-state index in [1.54, 1.807) is 0 Å². The van der Waals surface area contributed by atoms with Crippen molar-refractivity contribution in [3.63, 3.8) is 0 Å². The van der Waals surface area contributed by atoms with Crippen LogP contribution in [0.4, 0.5) is 5.69 Å². The van der Waals surface area contributed by atoms with Gasteiger partial charge in [-0.2, -0.15) is 0 Å². The molecule has 2 fully saturated rings. The summed E-state index contributed by atoms with van der Waals surface area (Å²) in [6.07, 6.45) is 5.57. The molecule has 2 heteroatoms. The summed E-state index contributed by atoms with van der Waals surface area (Å²) in [7, 11) is 0. The molecule has 0 amide bonds. The zero-order valence-corrected chi connectivity index (χ0v) is 12.9. The number of benzene rings is 1. The molecule has 1 heterocycles. The molecule has 3 unspecified atom stereocenters. The minimum Gasteiger partial charge on any atom is -0.371 e. The summed E-state index contributed by atoms with van der Waals surface area (Å²) in [4.78, 5) is 2.60. The summed E-state index contributed by atoms with van der Waals surface area (Å²) < 4.78 is 0. The monoisotopic (exact) mass is 272 g/mol. The molecule has 1 N–H and O–H groups in total. The second-order valence-electron chi connectivity index (χ2n) is 6.62. The molecule has 1 aromatic carbocycles. The van der Waals surface area contributed by atoms with Gasteiger partial charge in [0.1, 0.15) is 0 Å². The Bertz CT molecular complexity index is 414. The molecular formula is C18H28N2. The van der Waals surface area contributed by atoms with E-state index in [1.807, 2.05) is 0 Å². The van der Waals surface area contributed by atoms with Crippen molar-refractivity contribution in [1.29, 1.82) is 0 Å². The van der Waals surface area contributed by atoms with Crippen molar-refractivity contribution >= 4 is 5.69 Å². The molecule has 0 spiro atoms. The molecule has 110 valence electrons. The predicted molar refractivity (Wildman–Crippen MR) is 86.2 cm³/mol. The maximum Gasteiger partial charge on any atom is 0.0366 e. The fraction of sp³-hybridized carbons (Fsp3) is 0.667. The van der Waals surface area contributed by atoms with Gasteiger partial charge in [0.05, 0.1) is 0 Å². The Morgan fingerprint density at radius 3 is 2.40 bits per heavy atom. The van der Waals surface area contributed by atoms with Crippen molar-refractivity contribution in [3.05, 3.63) is 29.8 Å². The lowest BCUT2D eigenvalue weighted by atomic mass is 10.0. The molecule has 1 aliphatic heterocycles. The van der Waals surface area contributed by atoms with Crippen molar-refractivity contribution in [2.45, 2.75) is 45.6 Å². The highest BCUT2D eigenvalue weighted by Crippen LogP contribution is 2.39. The summed E-state index contributed by atoms with van der Waals surface area (Å²) in [5.41, 5.74) is 2.83. The quantitative estimate of drug-likeness (QED) is 0.872. The van der Waals surface area contributed by atoms with Gasteiger partial charge in [-0.1, -0.05) is 25.5 Å². The summed E-state index contributed by atoms with van der Waals surface area (Å²) in [6.45, 7) is 8.14. The Morgan fingerprint density at radius 1 is 1.15 bits per heavy atom. The summed E-state index contributed by atoms with van der Waals surface area (Å²) in [5, 5.41) is 3.56. The number of fused-ring (bicyclic) bond motifs is 1. The van der Waals surface area contributed by atoms with Gasteiger partial charge in [0.25, 0.3) is 0 Å². The van der Waals surface area contributed by atoms with Crippen LogP contribution in [0.15, 0.2) is 24.3 Å². The molecule has 2 aliphatic rings. The molecule has 0 aromatic heterocycles. The fourth-order valence-corrected chi connectivity index (χ4v) is 3.90.